The summed E-state index contributed by atoms with van der Waals surface area (Å²) in [4.78, 5) is 2.46. The van der Waals surface area contributed by atoms with E-state index in [0.29, 0.717) is 17.4 Å². The third kappa shape index (κ3) is 1.26. The molecule has 2 heteroatoms. The predicted octanol–water partition coefficient (Wildman–Crippen LogP) is 2.51. The highest BCUT2D eigenvalue weighted by Gasteiger charge is 2.66. The maximum absolute atomic E-state index is 10.7. The van der Waals surface area contributed by atoms with E-state index in [2.05, 4.69) is 39.5 Å². The molecule has 2 nitrogen and oxygen atoms in total. The fourth-order valence-electron chi connectivity index (χ4n) is 4.38. The maximum atomic E-state index is 10.7. The van der Waals surface area contributed by atoms with Crippen LogP contribution in [0.2, 0.25) is 0 Å². The summed E-state index contributed by atoms with van der Waals surface area (Å²) in [5, 5.41) is 10.7. The molecule has 2 aliphatic carbocycles. The Morgan fingerprint density at radius 2 is 1.75 bits per heavy atom. The molecular formula is C14H27NO. The Balaban J connectivity index is 2.32. The molecule has 0 radical (unpaired) electrons. The van der Waals surface area contributed by atoms with E-state index in [1.807, 2.05) is 0 Å². The first-order chi connectivity index (χ1) is 7.40. The number of rotatable bonds is 3. The Morgan fingerprint density at radius 1 is 1.19 bits per heavy atom. The van der Waals surface area contributed by atoms with Gasteiger partial charge in [-0.15, -0.1) is 0 Å². The van der Waals surface area contributed by atoms with Crippen molar-refractivity contribution in [2.24, 2.45) is 16.7 Å². The zero-order valence-corrected chi connectivity index (χ0v) is 11.5. The molecule has 0 aromatic heterocycles. The lowest BCUT2D eigenvalue weighted by Gasteiger charge is -2.39. The molecule has 16 heavy (non-hydrogen) atoms. The van der Waals surface area contributed by atoms with Crippen LogP contribution in [0.15, 0.2) is 0 Å². The Hall–Kier alpha value is -0.0800. The van der Waals surface area contributed by atoms with Crippen molar-refractivity contribution in [3.05, 3.63) is 0 Å². The van der Waals surface area contributed by atoms with E-state index >= 15 is 0 Å². The van der Waals surface area contributed by atoms with Crippen molar-refractivity contribution in [1.82, 2.24) is 4.90 Å². The Labute approximate surface area is 100 Å². The van der Waals surface area contributed by atoms with Gasteiger partial charge in [-0.05, 0) is 37.3 Å². The van der Waals surface area contributed by atoms with Crippen LogP contribution in [0.3, 0.4) is 0 Å². The van der Waals surface area contributed by atoms with Crippen molar-refractivity contribution in [2.75, 3.05) is 13.1 Å². The van der Waals surface area contributed by atoms with Gasteiger partial charge in [-0.3, -0.25) is 4.90 Å². The normalized spacial score (nSPS) is 45.6. The van der Waals surface area contributed by atoms with Gasteiger partial charge in [0.05, 0.1) is 6.10 Å². The van der Waals surface area contributed by atoms with Gasteiger partial charge < -0.3 is 5.11 Å². The van der Waals surface area contributed by atoms with Crippen LogP contribution < -0.4 is 0 Å². The molecule has 2 bridgehead atoms. The number of nitrogens with zero attached hydrogens (tertiary/aromatic N) is 1. The molecule has 0 spiro atoms. The van der Waals surface area contributed by atoms with Gasteiger partial charge in [0.2, 0.25) is 0 Å². The van der Waals surface area contributed by atoms with Gasteiger partial charge in [0.15, 0.2) is 0 Å². The molecule has 94 valence electrons. The summed E-state index contributed by atoms with van der Waals surface area (Å²) in [5.74, 6) is 0.674. The molecule has 4 atom stereocenters. The summed E-state index contributed by atoms with van der Waals surface area (Å²) >= 11 is 0. The van der Waals surface area contributed by atoms with Crippen molar-refractivity contribution < 1.29 is 5.11 Å². The molecule has 0 heterocycles. The van der Waals surface area contributed by atoms with Crippen LogP contribution in [0.4, 0.5) is 0 Å². The summed E-state index contributed by atoms with van der Waals surface area (Å²) in [7, 11) is 0. The van der Waals surface area contributed by atoms with Crippen LogP contribution in [0.5, 0.6) is 0 Å². The van der Waals surface area contributed by atoms with Crippen LogP contribution in [0, 0.1) is 16.7 Å². The standard InChI is InChI=1S/C14H27NO/c1-6-15(7-2)11-10-8-9-14(5,12(11)16)13(10,3)4/h10-12,16H,6-9H2,1-5H3/t10-,11-,12+,14-/m0/s1. The molecule has 2 fully saturated rings. The first-order valence-corrected chi connectivity index (χ1v) is 6.82. The van der Waals surface area contributed by atoms with E-state index in [-0.39, 0.29) is 11.5 Å². The zero-order chi connectivity index (χ0) is 12.1. The van der Waals surface area contributed by atoms with E-state index in [1.54, 1.807) is 0 Å². The fourth-order valence-corrected chi connectivity index (χ4v) is 4.38. The maximum Gasteiger partial charge on any atom is 0.0756 e. The number of likely N-dealkylation sites (N-methyl/N-ethyl adjacent to an activating group) is 1. The molecule has 0 aromatic rings. The van der Waals surface area contributed by atoms with E-state index in [4.69, 9.17) is 0 Å². The second kappa shape index (κ2) is 3.71. The van der Waals surface area contributed by atoms with Crippen LogP contribution in [0.1, 0.15) is 47.5 Å². The fraction of sp³-hybridized carbons (Fsp3) is 1.00. The number of fused-ring (bicyclic) bond motifs is 2. The predicted molar refractivity (Wildman–Crippen MR) is 67.3 cm³/mol. The summed E-state index contributed by atoms with van der Waals surface area (Å²) in [6, 6.07) is 0.392. The van der Waals surface area contributed by atoms with Gasteiger partial charge in [0.1, 0.15) is 0 Å². The molecule has 2 saturated carbocycles. The highest BCUT2D eigenvalue weighted by molar-refractivity contribution is 5.17. The van der Waals surface area contributed by atoms with E-state index in [0.717, 1.165) is 13.1 Å². The van der Waals surface area contributed by atoms with Crippen LogP contribution in [-0.4, -0.2) is 35.2 Å². The van der Waals surface area contributed by atoms with Gasteiger partial charge >= 0.3 is 0 Å². The van der Waals surface area contributed by atoms with Gasteiger partial charge in [0, 0.05) is 11.5 Å². The smallest absolute Gasteiger partial charge is 0.0756 e. The van der Waals surface area contributed by atoms with Crippen LogP contribution >= 0.6 is 0 Å². The van der Waals surface area contributed by atoms with E-state index in [1.165, 1.54) is 12.8 Å². The summed E-state index contributed by atoms with van der Waals surface area (Å²) in [6.45, 7) is 13.5. The highest BCUT2D eigenvalue weighted by Crippen LogP contribution is 2.66. The second-order valence-electron chi connectivity index (χ2n) is 6.44. The van der Waals surface area contributed by atoms with Crippen molar-refractivity contribution >= 4 is 0 Å². The average Bonchev–Trinajstić information content (AvgIpc) is 2.54. The molecule has 2 rings (SSSR count). The minimum absolute atomic E-state index is 0.130. The van der Waals surface area contributed by atoms with E-state index in [9.17, 15) is 5.11 Å². The number of hydrogen-bond donors (Lipinski definition) is 1. The average molecular weight is 225 g/mol. The zero-order valence-electron chi connectivity index (χ0n) is 11.5. The first-order valence-electron chi connectivity index (χ1n) is 6.82. The van der Waals surface area contributed by atoms with Gasteiger partial charge in [-0.1, -0.05) is 34.6 Å². The monoisotopic (exact) mass is 225 g/mol. The quantitative estimate of drug-likeness (QED) is 0.798. The molecule has 1 N–H and O–H groups in total. The van der Waals surface area contributed by atoms with Gasteiger partial charge in [-0.25, -0.2) is 0 Å². The lowest BCUT2D eigenvalue weighted by atomic mass is 9.70. The molecule has 2 aliphatic rings. The number of aliphatic hydroxyl groups excluding tert-OH is 1. The van der Waals surface area contributed by atoms with Crippen LogP contribution in [0.25, 0.3) is 0 Å². The van der Waals surface area contributed by atoms with Crippen molar-refractivity contribution in [3.8, 4) is 0 Å². The van der Waals surface area contributed by atoms with Gasteiger partial charge in [-0.2, -0.15) is 0 Å². The lowest BCUT2D eigenvalue weighted by molar-refractivity contribution is -0.0284. The summed E-state index contributed by atoms with van der Waals surface area (Å²) in [5.41, 5.74) is 0.421. The first kappa shape index (κ1) is 12.4. The van der Waals surface area contributed by atoms with Crippen LogP contribution in [-0.2, 0) is 0 Å². The largest absolute Gasteiger partial charge is 0.391 e. The number of hydrogen-bond acceptors (Lipinski definition) is 2. The SMILES string of the molecule is CCN(CC)[C@@H]1[C@@H](O)[C@]2(C)CC[C@@H]1C2(C)C. The Kier molecular flexibility index (Phi) is 2.87. The van der Waals surface area contributed by atoms with Crippen molar-refractivity contribution in [2.45, 2.75) is 59.6 Å². The Morgan fingerprint density at radius 3 is 2.12 bits per heavy atom. The molecule has 0 unspecified atom stereocenters. The molecule has 0 aliphatic heterocycles. The Bertz CT molecular complexity index is 272. The second-order valence-corrected chi connectivity index (χ2v) is 6.44. The third-order valence-corrected chi connectivity index (χ3v) is 6.00. The molecule has 0 saturated heterocycles. The highest BCUT2D eigenvalue weighted by atomic mass is 16.3. The molecule has 0 aromatic carbocycles. The number of aliphatic hydroxyl groups is 1. The van der Waals surface area contributed by atoms with Gasteiger partial charge in [0.25, 0.3) is 0 Å². The van der Waals surface area contributed by atoms with Crippen molar-refractivity contribution in [3.63, 3.8) is 0 Å². The minimum Gasteiger partial charge on any atom is -0.391 e. The minimum atomic E-state index is -0.138. The lowest BCUT2D eigenvalue weighted by Crippen LogP contribution is -2.49. The summed E-state index contributed by atoms with van der Waals surface area (Å²) < 4.78 is 0. The van der Waals surface area contributed by atoms with E-state index < -0.39 is 0 Å². The van der Waals surface area contributed by atoms with Crippen molar-refractivity contribution in [1.29, 1.82) is 0 Å². The topological polar surface area (TPSA) is 23.5 Å². The molecular weight excluding hydrogens is 198 g/mol. The molecule has 0 amide bonds. The summed E-state index contributed by atoms with van der Waals surface area (Å²) in [6.07, 6.45) is 2.35. The third-order valence-electron chi connectivity index (χ3n) is 6.00.